The largest absolute Gasteiger partial charge is 1.00 e. The summed E-state index contributed by atoms with van der Waals surface area (Å²) in [4.78, 5) is 0. The van der Waals surface area contributed by atoms with Gasteiger partial charge in [0.2, 0.25) is 0 Å². The number of rotatable bonds is 3. The molecule has 0 radical (unpaired) electrons. The monoisotopic (exact) mass is 465 g/mol. The van der Waals surface area contributed by atoms with Gasteiger partial charge in [-0.2, -0.15) is 0 Å². The van der Waals surface area contributed by atoms with E-state index in [0.717, 1.165) is 4.47 Å². The van der Waals surface area contributed by atoms with Crippen molar-refractivity contribution in [2.75, 3.05) is 3.26 Å². The summed E-state index contributed by atoms with van der Waals surface area (Å²) in [5.41, 5.74) is 5.68. The van der Waals surface area contributed by atoms with Crippen molar-refractivity contribution in [1.29, 1.82) is 0 Å². The van der Waals surface area contributed by atoms with Crippen molar-refractivity contribution in [2.24, 2.45) is 5.92 Å². The molecule has 1 N–H and O–H groups in total. The number of nitrogens with one attached hydrogen (secondary N) is 1. The van der Waals surface area contributed by atoms with Crippen LogP contribution in [0.3, 0.4) is 0 Å². The normalized spacial score (nSPS) is 16.9. The maximum atomic E-state index is 4.50. The quantitative estimate of drug-likeness (QED) is 0.607. The summed E-state index contributed by atoms with van der Waals surface area (Å²) < 4.78 is 10.9. The minimum Gasteiger partial charge on any atom is -1.00 e. The molecule has 1 aliphatic carbocycles. The molecule has 0 aliphatic heterocycles. The smallest absolute Gasteiger partial charge is 1.00 e. The second-order valence-corrected chi connectivity index (χ2v) is 10.4. The molecule has 21 heavy (non-hydrogen) atoms. The summed E-state index contributed by atoms with van der Waals surface area (Å²) in [6.07, 6.45) is 0. The first-order valence-electron chi connectivity index (χ1n) is 6.52. The predicted octanol–water partition coefficient (Wildman–Crippen LogP) is -0.906. The van der Waals surface area contributed by atoms with Crippen molar-refractivity contribution in [3.8, 4) is 0 Å². The Kier molecular flexibility index (Phi) is 8.95. The maximum absolute atomic E-state index is 4.50. The van der Waals surface area contributed by atoms with Gasteiger partial charge < -0.3 is 24.8 Å². The van der Waals surface area contributed by atoms with E-state index in [9.17, 15) is 0 Å². The fraction of sp³-hybridized carbons (Fsp3) is 0.312. The number of hydrogen-bond acceptors (Lipinski definition) is 1. The molecule has 2 rings (SSSR count). The van der Waals surface area contributed by atoms with Crippen LogP contribution in [0.1, 0.15) is 27.7 Å². The minimum absolute atomic E-state index is 0. The average molecular weight is 468 g/mol. The third kappa shape index (κ3) is 4.64. The molecule has 1 unspecified atom stereocenters. The first-order chi connectivity index (χ1) is 8.91. The van der Waals surface area contributed by atoms with Crippen LogP contribution in [0.5, 0.6) is 0 Å². The van der Waals surface area contributed by atoms with Gasteiger partial charge in [-0.3, -0.25) is 0 Å². The molecule has 114 valence electrons. The van der Waals surface area contributed by atoms with Crippen molar-refractivity contribution >= 4 is 25.8 Å². The Labute approximate surface area is 156 Å². The average Bonchev–Trinajstić information content (AvgIpc) is 2.57. The van der Waals surface area contributed by atoms with E-state index in [1.165, 1.54) is 22.4 Å². The standard InChI is InChI=1S/C9H13.C6H5BrN.CH2.2ClH.Zr/c1-6-5-7(2)9(4)8(6)3;7-5-1-3-6(8)4-2-5;;;;/h6H,1-4H3;1-4,8H;1H2;2*1H;/q;-1;;;;+3/p-2. The van der Waals surface area contributed by atoms with E-state index < -0.39 is 21.6 Å². The molecule has 1 aliphatic rings. The van der Waals surface area contributed by atoms with Gasteiger partial charge in [-0.1, -0.05) is 0 Å². The Balaban J connectivity index is 0.00000200. The fourth-order valence-corrected chi connectivity index (χ4v) is 7.88. The van der Waals surface area contributed by atoms with Crippen LogP contribution < -0.4 is 28.1 Å². The Morgan fingerprint density at radius 3 is 2.00 bits per heavy atom. The Morgan fingerprint density at radius 2 is 1.57 bits per heavy atom. The summed E-state index contributed by atoms with van der Waals surface area (Å²) in [5, 5.41) is 0. The van der Waals surface area contributed by atoms with Crippen LogP contribution >= 0.6 is 15.9 Å². The fourth-order valence-electron chi connectivity index (χ4n) is 2.63. The summed E-state index contributed by atoms with van der Waals surface area (Å²) >= 11 is 1.49. The molecule has 0 bridgehead atoms. The molecule has 0 fully saturated rings. The molecule has 0 saturated carbocycles. The molecular formula is C16H20BrCl2NZr. The maximum Gasteiger partial charge on any atom is -1.00 e. The minimum atomic E-state index is -1.98. The molecule has 0 saturated heterocycles. The van der Waals surface area contributed by atoms with Gasteiger partial charge in [0.15, 0.2) is 0 Å². The van der Waals surface area contributed by atoms with E-state index in [0.29, 0.717) is 5.92 Å². The molecule has 5 heteroatoms. The third-order valence-corrected chi connectivity index (χ3v) is 9.67. The number of benzene rings is 1. The molecule has 0 amide bonds. The van der Waals surface area contributed by atoms with E-state index in [1.54, 1.807) is 3.28 Å². The predicted molar refractivity (Wildman–Crippen MR) is 85.1 cm³/mol. The van der Waals surface area contributed by atoms with Crippen LogP contribution in [0.4, 0.5) is 5.69 Å². The van der Waals surface area contributed by atoms with Gasteiger partial charge in [-0.25, -0.2) is 0 Å². The Bertz CT molecular complexity index is 591. The molecule has 1 aromatic carbocycles. The van der Waals surface area contributed by atoms with Crippen molar-refractivity contribution in [2.45, 2.75) is 27.7 Å². The van der Waals surface area contributed by atoms with Crippen LogP contribution in [0, 0.1) is 5.92 Å². The van der Waals surface area contributed by atoms with Gasteiger partial charge in [0.1, 0.15) is 0 Å². The third-order valence-electron chi connectivity index (χ3n) is 4.11. The van der Waals surface area contributed by atoms with Crippen molar-refractivity contribution in [1.82, 2.24) is 0 Å². The summed E-state index contributed by atoms with van der Waals surface area (Å²) in [6, 6.07) is 8.40. The van der Waals surface area contributed by atoms with E-state index in [1.807, 2.05) is 0 Å². The molecule has 0 heterocycles. The molecular weight excluding hydrogens is 448 g/mol. The van der Waals surface area contributed by atoms with Gasteiger partial charge in [0.05, 0.1) is 0 Å². The molecule has 1 nitrogen and oxygen atoms in total. The van der Waals surface area contributed by atoms with Gasteiger partial charge >= 0.3 is 133 Å². The number of hydrogen-bond donors (Lipinski definition) is 1. The SMILES string of the molecule is [CH2]=[Zr+2]([NH]c1ccc(Br)cc1)[C]1=C(C)C(C)=C(C)C1C.[Cl-].[Cl-]. The van der Waals surface area contributed by atoms with Gasteiger partial charge in [-0.15, -0.1) is 0 Å². The number of anilines is 1. The summed E-state index contributed by atoms with van der Waals surface area (Å²) in [7, 11) is 0. The van der Waals surface area contributed by atoms with Gasteiger partial charge in [-0.05, 0) is 0 Å². The van der Waals surface area contributed by atoms with Crippen LogP contribution in [-0.2, 0) is 21.6 Å². The molecule has 1 atom stereocenters. The molecule has 0 aromatic heterocycles. The Morgan fingerprint density at radius 1 is 1.05 bits per heavy atom. The van der Waals surface area contributed by atoms with Crippen LogP contribution in [0.2, 0.25) is 0 Å². The van der Waals surface area contributed by atoms with E-state index in [2.05, 4.69) is 75.4 Å². The van der Waals surface area contributed by atoms with Crippen molar-refractivity contribution < 1.29 is 46.4 Å². The van der Waals surface area contributed by atoms with Crippen molar-refractivity contribution in [3.05, 3.63) is 48.7 Å². The first-order valence-corrected chi connectivity index (χ1v) is 11.5. The van der Waals surface area contributed by atoms with E-state index in [-0.39, 0.29) is 24.8 Å². The molecule has 1 aromatic rings. The van der Waals surface area contributed by atoms with Gasteiger partial charge in [0.25, 0.3) is 0 Å². The van der Waals surface area contributed by atoms with Crippen LogP contribution in [-0.4, -0.2) is 4.21 Å². The topological polar surface area (TPSA) is 12.0 Å². The summed E-state index contributed by atoms with van der Waals surface area (Å²) in [5.74, 6) is 0.579. The zero-order valence-corrected chi connectivity index (χ0v) is 18.3. The van der Waals surface area contributed by atoms with Gasteiger partial charge in [0, 0.05) is 0 Å². The summed E-state index contributed by atoms with van der Waals surface area (Å²) in [6.45, 7) is 9.07. The van der Waals surface area contributed by atoms with E-state index in [4.69, 9.17) is 0 Å². The van der Waals surface area contributed by atoms with E-state index >= 15 is 0 Å². The zero-order chi connectivity index (χ0) is 14.2. The second-order valence-electron chi connectivity index (χ2n) is 5.18. The first kappa shape index (κ1) is 21.3. The second kappa shape index (κ2) is 8.82. The van der Waals surface area contributed by atoms with Crippen molar-refractivity contribution in [3.63, 3.8) is 0 Å². The number of halogens is 3. The zero-order valence-electron chi connectivity index (χ0n) is 12.7. The van der Waals surface area contributed by atoms with Crippen LogP contribution in [0.25, 0.3) is 0 Å². The molecule has 0 spiro atoms. The Hall–Kier alpha value is 0.313. The number of allylic oxidation sites excluding steroid dienone is 4. The van der Waals surface area contributed by atoms with Crippen LogP contribution in [0.15, 0.2) is 48.7 Å².